The molecule has 0 saturated heterocycles. The van der Waals surface area contributed by atoms with Crippen molar-refractivity contribution in [3.63, 3.8) is 0 Å². The maximum absolute atomic E-state index is 12.1. The number of hydrogen-bond donors (Lipinski definition) is 2. The number of amides is 2. The molecule has 0 bridgehead atoms. The first-order chi connectivity index (χ1) is 9.54. The SMILES string of the molecule is CCCCCNC(=O)N(CC(=O)O)c1ccc(C)cc1. The molecule has 0 fully saturated rings. The lowest BCUT2D eigenvalue weighted by atomic mass is 10.2. The Morgan fingerprint density at radius 1 is 1.20 bits per heavy atom. The normalized spacial score (nSPS) is 10.1. The van der Waals surface area contributed by atoms with E-state index in [4.69, 9.17) is 5.11 Å². The van der Waals surface area contributed by atoms with E-state index in [2.05, 4.69) is 12.2 Å². The van der Waals surface area contributed by atoms with Gasteiger partial charge in [-0.15, -0.1) is 0 Å². The maximum atomic E-state index is 12.1. The summed E-state index contributed by atoms with van der Waals surface area (Å²) in [7, 11) is 0. The zero-order valence-corrected chi connectivity index (χ0v) is 12.1. The largest absolute Gasteiger partial charge is 0.480 e. The highest BCUT2D eigenvalue weighted by Crippen LogP contribution is 2.15. The van der Waals surface area contributed by atoms with E-state index in [1.807, 2.05) is 19.1 Å². The molecule has 0 aliphatic heterocycles. The molecular formula is C15H22N2O3. The number of nitrogens with one attached hydrogen (secondary N) is 1. The van der Waals surface area contributed by atoms with Crippen LogP contribution < -0.4 is 10.2 Å². The second-order valence-corrected chi connectivity index (χ2v) is 4.75. The maximum Gasteiger partial charge on any atom is 0.323 e. The zero-order valence-electron chi connectivity index (χ0n) is 12.1. The number of hydrogen-bond acceptors (Lipinski definition) is 2. The van der Waals surface area contributed by atoms with Crippen molar-refractivity contribution in [3.05, 3.63) is 29.8 Å². The average molecular weight is 278 g/mol. The van der Waals surface area contributed by atoms with E-state index in [0.29, 0.717) is 12.2 Å². The van der Waals surface area contributed by atoms with Crippen LogP contribution in [0.25, 0.3) is 0 Å². The number of carboxylic acids is 1. The fraction of sp³-hybridized carbons (Fsp3) is 0.467. The highest BCUT2D eigenvalue weighted by Gasteiger charge is 2.18. The number of urea groups is 1. The van der Waals surface area contributed by atoms with Crippen LogP contribution in [-0.2, 0) is 4.79 Å². The third-order valence-electron chi connectivity index (χ3n) is 2.94. The van der Waals surface area contributed by atoms with Crippen LogP contribution >= 0.6 is 0 Å². The summed E-state index contributed by atoms with van der Waals surface area (Å²) in [4.78, 5) is 24.2. The van der Waals surface area contributed by atoms with Crippen molar-refractivity contribution in [3.8, 4) is 0 Å². The zero-order chi connectivity index (χ0) is 15.0. The Kier molecular flexibility index (Phi) is 6.56. The second kappa shape index (κ2) is 8.19. The van der Waals surface area contributed by atoms with E-state index >= 15 is 0 Å². The molecule has 0 spiro atoms. The first-order valence-electron chi connectivity index (χ1n) is 6.88. The molecule has 110 valence electrons. The molecule has 2 amide bonds. The fourth-order valence-electron chi connectivity index (χ4n) is 1.81. The molecular weight excluding hydrogens is 256 g/mol. The Balaban J connectivity index is 2.70. The minimum Gasteiger partial charge on any atom is -0.480 e. The van der Waals surface area contributed by atoms with Gasteiger partial charge >= 0.3 is 12.0 Å². The van der Waals surface area contributed by atoms with Gasteiger partial charge in [0.2, 0.25) is 0 Å². The van der Waals surface area contributed by atoms with Crippen molar-refractivity contribution in [2.45, 2.75) is 33.1 Å². The standard InChI is InChI=1S/C15H22N2O3/c1-3-4-5-10-16-15(20)17(11-14(18)19)13-8-6-12(2)7-9-13/h6-9H,3-5,10-11H2,1-2H3,(H,16,20)(H,18,19). The summed E-state index contributed by atoms with van der Waals surface area (Å²) in [5.74, 6) is -1.03. The molecule has 0 heterocycles. The first-order valence-corrected chi connectivity index (χ1v) is 6.88. The van der Waals surface area contributed by atoms with Crippen LogP contribution in [0.3, 0.4) is 0 Å². The van der Waals surface area contributed by atoms with Gasteiger partial charge in [0.15, 0.2) is 0 Å². The molecule has 20 heavy (non-hydrogen) atoms. The predicted molar refractivity (Wildman–Crippen MR) is 79.1 cm³/mol. The quantitative estimate of drug-likeness (QED) is 0.753. The summed E-state index contributed by atoms with van der Waals surface area (Å²) in [5.41, 5.74) is 1.65. The van der Waals surface area contributed by atoms with E-state index in [-0.39, 0.29) is 12.6 Å². The van der Waals surface area contributed by atoms with Gasteiger partial charge in [0.25, 0.3) is 0 Å². The van der Waals surface area contributed by atoms with E-state index in [9.17, 15) is 9.59 Å². The van der Waals surface area contributed by atoms with Crippen LogP contribution in [0.2, 0.25) is 0 Å². The van der Waals surface area contributed by atoms with Gasteiger partial charge in [0.1, 0.15) is 6.54 Å². The monoisotopic (exact) mass is 278 g/mol. The molecule has 0 radical (unpaired) electrons. The van der Waals surface area contributed by atoms with Crippen LogP contribution in [0.5, 0.6) is 0 Å². The van der Waals surface area contributed by atoms with E-state index < -0.39 is 5.97 Å². The van der Waals surface area contributed by atoms with Crippen molar-refractivity contribution < 1.29 is 14.7 Å². The number of nitrogens with zero attached hydrogens (tertiary/aromatic N) is 1. The van der Waals surface area contributed by atoms with Crippen LogP contribution in [0.1, 0.15) is 31.7 Å². The summed E-state index contributed by atoms with van der Waals surface area (Å²) < 4.78 is 0. The number of aryl methyl sites for hydroxylation is 1. The van der Waals surface area contributed by atoms with E-state index in [1.165, 1.54) is 4.90 Å². The third-order valence-corrected chi connectivity index (χ3v) is 2.94. The fourth-order valence-corrected chi connectivity index (χ4v) is 1.81. The summed E-state index contributed by atoms with van der Waals surface area (Å²) in [6.45, 7) is 4.25. The number of anilines is 1. The highest BCUT2D eigenvalue weighted by atomic mass is 16.4. The van der Waals surface area contributed by atoms with Gasteiger partial charge in [-0.25, -0.2) is 4.79 Å². The molecule has 0 saturated carbocycles. The molecule has 0 atom stereocenters. The number of carbonyl (C=O) groups is 2. The Labute approximate surface area is 119 Å². The van der Waals surface area contributed by atoms with Gasteiger partial charge in [-0.2, -0.15) is 0 Å². The van der Waals surface area contributed by atoms with Gasteiger partial charge in [0, 0.05) is 12.2 Å². The van der Waals surface area contributed by atoms with Gasteiger partial charge < -0.3 is 10.4 Å². The minimum atomic E-state index is -1.03. The first kappa shape index (κ1) is 16.0. The lowest BCUT2D eigenvalue weighted by Gasteiger charge is -2.21. The number of rotatable bonds is 7. The average Bonchev–Trinajstić information content (AvgIpc) is 2.42. The number of carbonyl (C=O) groups excluding carboxylic acids is 1. The van der Waals surface area contributed by atoms with Crippen LogP contribution in [0, 0.1) is 6.92 Å². The van der Waals surface area contributed by atoms with Crippen LogP contribution in [0.4, 0.5) is 10.5 Å². The van der Waals surface area contributed by atoms with Crippen molar-refractivity contribution in [1.82, 2.24) is 5.32 Å². The molecule has 0 aliphatic rings. The molecule has 1 aromatic carbocycles. The van der Waals surface area contributed by atoms with Gasteiger partial charge in [0.05, 0.1) is 0 Å². The number of unbranched alkanes of at least 4 members (excludes halogenated alkanes) is 2. The van der Waals surface area contributed by atoms with Crippen molar-refractivity contribution in [1.29, 1.82) is 0 Å². The molecule has 2 N–H and O–H groups in total. The summed E-state index contributed by atoms with van der Waals surface area (Å²) in [6, 6.07) is 6.85. The van der Waals surface area contributed by atoms with E-state index in [0.717, 1.165) is 24.8 Å². The summed E-state index contributed by atoms with van der Waals surface area (Å²) >= 11 is 0. The van der Waals surface area contributed by atoms with Gasteiger partial charge in [-0.05, 0) is 25.5 Å². The number of aliphatic carboxylic acids is 1. The Morgan fingerprint density at radius 2 is 1.85 bits per heavy atom. The number of benzene rings is 1. The van der Waals surface area contributed by atoms with Crippen LogP contribution in [0.15, 0.2) is 24.3 Å². The van der Waals surface area contributed by atoms with E-state index in [1.54, 1.807) is 12.1 Å². The topological polar surface area (TPSA) is 69.6 Å². The lowest BCUT2D eigenvalue weighted by molar-refractivity contribution is -0.135. The second-order valence-electron chi connectivity index (χ2n) is 4.75. The highest BCUT2D eigenvalue weighted by molar-refractivity contribution is 5.96. The van der Waals surface area contributed by atoms with Crippen LogP contribution in [-0.4, -0.2) is 30.2 Å². The minimum absolute atomic E-state index is 0.345. The molecule has 1 aromatic rings. The molecule has 5 heteroatoms. The molecule has 0 aliphatic carbocycles. The van der Waals surface area contributed by atoms with Crippen molar-refractivity contribution in [2.75, 3.05) is 18.0 Å². The van der Waals surface area contributed by atoms with Gasteiger partial charge in [-0.3, -0.25) is 9.69 Å². The molecule has 5 nitrogen and oxygen atoms in total. The predicted octanol–water partition coefficient (Wildman–Crippen LogP) is 2.79. The molecule has 1 rings (SSSR count). The Bertz CT molecular complexity index is 443. The lowest BCUT2D eigenvalue weighted by Crippen LogP contribution is -2.43. The molecule has 0 unspecified atom stereocenters. The van der Waals surface area contributed by atoms with Crippen molar-refractivity contribution in [2.24, 2.45) is 0 Å². The Morgan fingerprint density at radius 3 is 2.40 bits per heavy atom. The van der Waals surface area contributed by atoms with Crippen molar-refractivity contribution >= 4 is 17.7 Å². The Hall–Kier alpha value is -2.04. The molecule has 0 aromatic heterocycles. The number of carboxylic acid groups (broad SMARTS) is 1. The van der Waals surface area contributed by atoms with Gasteiger partial charge in [-0.1, -0.05) is 37.5 Å². The smallest absolute Gasteiger partial charge is 0.323 e. The summed E-state index contributed by atoms with van der Waals surface area (Å²) in [6.07, 6.45) is 3.02. The summed E-state index contributed by atoms with van der Waals surface area (Å²) in [5, 5.41) is 11.7. The third kappa shape index (κ3) is 5.30.